The van der Waals surface area contributed by atoms with Crippen molar-refractivity contribution in [1.29, 1.82) is 0 Å². The first-order valence-electron chi connectivity index (χ1n) is 9.95. The van der Waals surface area contributed by atoms with E-state index in [0.29, 0.717) is 12.2 Å². The van der Waals surface area contributed by atoms with Gasteiger partial charge in [0.05, 0.1) is 17.9 Å². The van der Waals surface area contributed by atoms with Gasteiger partial charge in [-0.1, -0.05) is 18.6 Å². The molecule has 2 amide bonds. The van der Waals surface area contributed by atoms with E-state index in [1.165, 1.54) is 0 Å². The number of benzene rings is 1. The minimum atomic E-state index is -0.362. The Morgan fingerprint density at radius 2 is 2.00 bits per heavy atom. The standard InChI is InChI=1S/C21H27N3O4S2/c25-10-9-22-14-20(27)23-16-5-3-4-15(12-16)17-6-7-18(30-17)21(13-19(26)24-28)8-1-2-11-29-21/h3-7,12,22,25,28H,1-2,8-11,13-14H2,(H,23,27)(H,24,26)/t21-/m0/s1. The van der Waals surface area contributed by atoms with Gasteiger partial charge < -0.3 is 15.7 Å². The van der Waals surface area contributed by atoms with Gasteiger partial charge in [-0.05, 0) is 48.4 Å². The number of carbonyl (C=O) groups excluding carboxylic acids is 2. The molecule has 1 aliphatic rings. The summed E-state index contributed by atoms with van der Waals surface area (Å²) in [5.74, 6) is 0.469. The van der Waals surface area contributed by atoms with Crippen LogP contribution in [0.3, 0.4) is 0 Å². The van der Waals surface area contributed by atoms with Gasteiger partial charge in [0, 0.05) is 28.4 Å². The van der Waals surface area contributed by atoms with Crippen LogP contribution in [0, 0.1) is 0 Å². The molecule has 3 rings (SSSR count). The van der Waals surface area contributed by atoms with E-state index in [1.807, 2.05) is 24.3 Å². The van der Waals surface area contributed by atoms with Crippen molar-refractivity contribution in [1.82, 2.24) is 10.8 Å². The third kappa shape index (κ3) is 5.83. The lowest BCUT2D eigenvalue weighted by molar-refractivity contribution is -0.129. The maximum absolute atomic E-state index is 12.0. The first-order chi connectivity index (χ1) is 14.6. The van der Waals surface area contributed by atoms with Gasteiger partial charge in [0.2, 0.25) is 11.8 Å². The summed E-state index contributed by atoms with van der Waals surface area (Å²) in [6, 6.07) is 11.8. The lowest BCUT2D eigenvalue weighted by atomic mass is 9.94. The Labute approximate surface area is 184 Å². The smallest absolute Gasteiger partial charge is 0.245 e. The first-order valence-corrected chi connectivity index (χ1v) is 11.8. The lowest BCUT2D eigenvalue weighted by Gasteiger charge is -2.35. The molecule has 1 aromatic heterocycles. The van der Waals surface area contributed by atoms with Crippen LogP contribution >= 0.6 is 23.1 Å². The Hall–Kier alpha value is -1.91. The minimum Gasteiger partial charge on any atom is -0.395 e. The van der Waals surface area contributed by atoms with E-state index in [1.54, 1.807) is 28.6 Å². The molecule has 0 saturated carbocycles. The summed E-state index contributed by atoms with van der Waals surface area (Å²) in [6.45, 7) is 0.503. The second-order valence-corrected chi connectivity index (χ2v) is 9.77. The summed E-state index contributed by atoms with van der Waals surface area (Å²) in [5.41, 5.74) is 3.49. The number of aliphatic hydroxyl groups is 1. The molecule has 7 nitrogen and oxygen atoms in total. The van der Waals surface area contributed by atoms with Gasteiger partial charge in [-0.2, -0.15) is 0 Å². The third-order valence-corrected chi connectivity index (χ3v) is 8.07. The Kier molecular flexibility index (Phi) is 8.29. The summed E-state index contributed by atoms with van der Waals surface area (Å²) in [5, 5.41) is 23.5. The van der Waals surface area contributed by atoms with Crippen molar-refractivity contribution in [3.63, 3.8) is 0 Å². The fourth-order valence-electron chi connectivity index (χ4n) is 3.55. The van der Waals surface area contributed by atoms with Crippen molar-refractivity contribution >= 4 is 40.6 Å². The number of hydroxylamine groups is 1. The molecule has 162 valence electrons. The molecule has 1 atom stereocenters. The van der Waals surface area contributed by atoms with Crippen molar-refractivity contribution in [2.45, 2.75) is 30.4 Å². The largest absolute Gasteiger partial charge is 0.395 e. The van der Waals surface area contributed by atoms with E-state index in [9.17, 15) is 9.59 Å². The van der Waals surface area contributed by atoms with Gasteiger partial charge in [0.15, 0.2) is 0 Å². The number of carbonyl (C=O) groups is 2. The number of aliphatic hydroxyl groups excluding tert-OH is 1. The highest BCUT2D eigenvalue weighted by molar-refractivity contribution is 8.00. The SMILES string of the molecule is O=C(C[C@]1(c2ccc(-c3cccc(NC(=O)CNCCO)c3)s2)CCCCS1)NO. The van der Waals surface area contributed by atoms with E-state index in [4.69, 9.17) is 10.3 Å². The number of rotatable bonds is 9. The predicted molar refractivity (Wildman–Crippen MR) is 121 cm³/mol. The van der Waals surface area contributed by atoms with Gasteiger partial charge in [0.1, 0.15) is 0 Å². The van der Waals surface area contributed by atoms with Crippen LogP contribution in [0.5, 0.6) is 0 Å². The lowest BCUT2D eigenvalue weighted by Crippen LogP contribution is -2.32. The van der Waals surface area contributed by atoms with Crippen LogP contribution in [0.1, 0.15) is 30.6 Å². The maximum Gasteiger partial charge on any atom is 0.245 e. The van der Waals surface area contributed by atoms with Crippen LogP contribution in [0.4, 0.5) is 5.69 Å². The number of nitrogens with one attached hydrogen (secondary N) is 3. The number of anilines is 1. The molecule has 1 saturated heterocycles. The fraction of sp³-hybridized carbons (Fsp3) is 0.429. The van der Waals surface area contributed by atoms with Gasteiger partial charge >= 0.3 is 0 Å². The second kappa shape index (κ2) is 10.9. The molecule has 1 fully saturated rings. The van der Waals surface area contributed by atoms with Gasteiger partial charge in [0.25, 0.3) is 0 Å². The second-order valence-electron chi connectivity index (χ2n) is 7.20. The van der Waals surface area contributed by atoms with E-state index >= 15 is 0 Å². The van der Waals surface area contributed by atoms with Crippen LogP contribution in [-0.4, -0.2) is 47.6 Å². The summed E-state index contributed by atoms with van der Waals surface area (Å²) in [6.07, 6.45) is 3.36. The minimum absolute atomic E-state index is 0.0107. The molecule has 0 bridgehead atoms. The highest BCUT2D eigenvalue weighted by Gasteiger charge is 2.38. The number of thiophene rings is 1. The maximum atomic E-state index is 12.0. The Morgan fingerprint density at radius 1 is 1.13 bits per heavy atom. The quantitative estimate of drug-likeness (QED) is 0.229. The van der Waals surface area contributed by atoms with Gasteiger partial charge in [-0.15, -0.1) is 23.1 Å². The number of amides is 2. The number of thioether (sulfide) groups is 1. The van der Waals surface area contributed by atoms with Gasteiger partial charge in [-0.25, -0.2) is 5.48 Å². The zero-order valence-corrected chi connectivity index (χ0v) is 18.3. The van der Waals surface area contributed by atoms with Crippen molar-refractivity contribution in [3.05, 3.63) is 41.3 Å². The number of hydrogen-bond acceptors (Lipinski definition) is 7. The fourth-order valence-corrected chi connectivity index (χ4v) is 6.43. The molecule has 9 heteroatoms. The molecule has 30 heavy (non-hydrogen) atoms. The molecule has 0 unspecified atom stereocenters. The van der Waals surface area contributed by atoms with E-state index in [0.717, 1.165) is 40.3 Å². The Balaban J connectivity index is 1.76. The normalized spacial score (nSPS) is 18.7. The van der Waals surface area contributed by atoms with Crippen LogP contribution in [0.15, 0.2) is 36.4 Å². The molecule has 0 radical (unpaired) electrons. The molecule has 2 aromatic rings. The zero-order valence-electron chi connectivity index (χ0n) is 16.6. The summed E-state index contributed by atoms with van der Waals surface area (Å²) in [4.78, 5) is 26.2. The van der Waals surface area contributed by atoms with Crippen molar-refractivity contribution in [2.75, 3.05) is 30.8 Å². The summed E-state index contributed by atoms with van der Waals surface area (Å²) >= 11 is 3.45. The monoisotopic (exact) mass is 449 g/mol. The predicted octanol–water partition coefficient (Wildman–Crippen LogP) is 2.94. The molecule has 1 aromatic carbocycles. The van der Waals surface area contributed by atoms with E-state index in [2.05, 4.69) is 22.8 Å². The molecular weight excluding hydrogens is 422 g/mol. The summed E-state index contributed by atoms with van der Waals surface area (Å²) < 4.78 is -0.307. The van der Waals surface area contributed by atoms with Crippen molar-refractivity contribution in [2.24, 2.45) is 0 Å². The molecule has 0 aliphatic carbocycles. The topological polar surface area (TPSA) is 111 Å². The first kappa shape index (κ1) is 22.8. The van der Waals surface area contributed by atoms with Crippen molar-refractivity contribution in [3.8, 4) is 10.4 Å². The molecule has 1 aliphatic heterocycles. The van der Waals surface area contributed by atoms with E-state index in [-0.39, 0.29) is 36.1 Å². The van der Waals surface area contributed by atoms with Crippen LogP contribution < -0.4 is 16.1 Å². The van der Waals surface area contributed by atoms with Gasteiger partial charge in [-0.3, -0.25) is 14.8 Å². The Morgan fingerprint density at radius 3 is 2.73 bits per heavy atom. The average molecular weight is 450 g/mol. The molecular formula is C21H27N3O4S2. The van der Waals surface area contributed by atoms with E-state index < -0.39 is 0 Å². The third-order valence-electron chi connectivity index (χ3n) is 4.98. The average Bonchev–Trinajstić information content (AvgIpc) is 3.26. The summed E-state index contributed by atoms with van der Waals surface area (Å²) in [7, 11) is 0. The molecule has 5 N–H and O–H groups in total. The van der Waals surface area contributed by atoms with Crippen LogP contribution in [0.25, 0.3) is 10.4 Å². The number of hydrogen-bond donors (Lipinski definition) is 5. The van der Waals surface area contributed by atoms with Crippen LogP contribution in [0.2, 0.25) is 0 Å². The Bertz CT molecular complexity index is 865. The zero-order chi connectivity index (χ0) is 21.4. The highest BCUT2D eigenvalue weighted by atomic mass is 32.2. The molecule has 0 spiro atoms. The molecule has 2 heterocycles. The van der Waals surface area contributed by atoms with Crippen LogP contribution in [-0.2, 0) is 14.3 Å². The highest BCUT2D eigenvalue weighted by Crippen LogP contribution is 2.50. The van der Waals surface area contributed by atoms with Crippen molar-refractivity contribution < 1.29 is 19.9 Å².